The monoisotopic (exact) mass is 580 g/mol. The van der Waals surface area contributed by atoms with Crippen LogP contribution in [0, 0.1) is 19.7 Å². The summed E-state index contributed by atoms with van der Waals surface area (Å²) in [6.45, 7) is 3.61. The SMILES string of the molecule is Cc1cc(OCC(=O)N(Cc2ccccc2F)[C@H](Cc2ccccc2)C(=O)NC2CCCC2)cc(C)c1Br. The molecular formula is C31H34BrFN2O3. The molecule has 3 aromatic carbocycles. The van der Waals surface area contributed by atoms with Crippen LogP contribution in [0.3, 0.4) is 0 Å². The van der Waals surface area contributed by atoms with Gasteiger partial charge in [0.2, 0.25) is 5.91 Å². The fourth-order valence-corrected chi connectivity index (χ4v) is 5.18. The minimum atomic E-state index is -0.818. The first-order valence-corrected chi connectivity index (χ1v) is 13.9. The van der Waals surface area contributed by atoms with Gasteiger partial charge in [0.25, 0.3) is 5.91 Å². The zero-order valence-corrected chi connectivity index (χ0v) is 23.5. The van der Waals surface area contributed by atoms with E-state index in [2.05, 4.69) is 21.2 Å². The highest BCUT2D eigenvalue weighted by Gasteiger charge is 2.33. The average molecular weight is 582 g/mol. The van der Waals surface area contributed by atoms with E-state index in [1.165, 1.54) is 11.0 Å². The van der Waals surface area contributed by atoms with E-state index in [1.54, 1.807) is 18.2 Å². The second-order valence-corrected chi connectivity index (χ2v) is 10.8. The number of nitrogens with zero attached hydrogens (tertiary/aromatic N) is 1. The van der Waals surface area contributed by atoms with Crippen LogP contribution >= 0.6 is 15.9 Å². The highest BCUT2D eigenvalue weighted by molar-refractivity contribution is 9.10. The standard InChI is InChI=1S/C31H34BrFN2O3/c1-21-16-26(17-22(2)30(21)32)38-20-29(36)35(19-24-12-6-9-15-27(24)33)28(18-23-10-4-3-5-11-23)31(37)34-25-13-7-8-14-25/h3-6,9-12,15-17,25,28H,7-8,13-14,18-20H2,1-2H3,(H,34,37)/t28-/m1/s1. The van der Waals surface area contributed by atoms with E-state index in [9.17, 15) is 14.0 Å². The van der Waals surface area contributed by atoms with Crippen molar-refractivity contribution in [3.05, 3.63) is 99.3 Å². The molecule has 0 radical (unpaired) electrons. The Morgan fingerprint density at radius 3 is 2.32 bits per heavy atom. The summed E-state index contributed by atoms with van der Waals surface area (Å²) in [5.41, 5.74) is 3.26. The molecule has 1 atom stereocenters. The summed E-state index contributed by atoms with van der Waals surface area (Å²) in [4.78, 5) is 28.9. The van der Waals surface area contributed by atoms with Crippen molar-refractivity contribution < 1.29 is 18.7 Å². The maximum atomic E-state index is 14.7. The lowest BCUT2D eigenvalue weighted by atomic mass is 10.0. The summed E-state index contributed by atoms with van der Waals surface area (Å²) in [7, 11) is 0. The predicted molar refractivity (Wildman–Crippen MR) is 150 cm³/mol. The molecule has 200 valence electrons. The Morgan fingerprint density at radius 2 is 1.66 bits per heavy atom. The van der Waals surface area contributed by atoms with E-state index in [0.29, 0.717) is 17.7 Å². The van der Waals surface area contributed by atoms with Gasteiger partial charge in [-0.05, 0) is 61.6 Å². The Morgan fingerprint density at radius 1 is 1.03 bits per heavy atom. The van der Waals surface area contributed by atoms with Gasteiger partial charge in [0.15, 0.2) is 6.61 Å². The summed E-state index contributed by atoms with van der Waals surface area (Å²) in [5, 5.41) is 3.16. The number of hydrogen-bond donors (Lipinski definition) is 1. The van der Waals surface area contributed by atoms with Crippen molar-refractivity contribution in [1.82, 2.24) is 10.2 Å². The molecule has 0 heterocycles. The first kappa shape index (κ1) is 27.8. The predicted octanol–water partition coefficient (Wildman–Crippen LogP) is 6.28. The van der Waals surface area contributed by atoms with E-state index in [0.717, 1.165) is 46.8 Å². The van der Waals surface area contributed by atoms with Crippen LogP contribution in [0.5, 0.6) is 5.75 Å². The maximum absolute atomic E-state index is 14.7. The third-order valence-corrected chi connectivity index (χ3v) is 8.29. The molecule has 0 spiro atoms. The third kappa shape index (κ3) is 7.22. The number of carbonyl (C=O) groups is 2. The molecule has 1 aliphatic carbocycles. The van der Waals surface area contributed by atoms with Crippen LogP contribution in [0.1, 0.15) is 47.9 Å². The lowest BCUT2D eigenvalue weighted by Crippen LogP contribution is -2.53. The Hall–Kier alpha value is -3.19. The van der Waals surface area contributed by atoms with E-state index in [-0.39, 0.29) is 31.0 Å². The molecule has 0 aliphatic heterocycles. The summed E-state index contributed by atoms with van der Waals surface area (Å²) in [5.74, 6) is -0.452. The second kappa shape index (κ2) is 13.1. The van der Waals surface area contributed by atoms with Crippen molar-refractivity contribution in [3.63, 3.8) is 0 Å². The van der Waals surface area contributed by atoms with E-state index >= 15 is 0 Å². The maximum Gasteiger partial charge on any atom is 0.261 e. The van der Waals surface area contributed by atoms with Crippen LogP contribution in [-0.2, 0) is 22.6 Å². The molecule has 2 amide bonds. The number of ether oxygens (including phenoxy) is 1. The zero-order chi connectivity index (χ0) is 27.1. The normalized spacial score (nSPS) is 14.2. The van der Waals surface area contributed by atoms with Gasteiger partial charge in [-0.2, -0.15) is 0 Å². The van der Waals surface area contributed by atoms with Crippen LogP contribution in [-0.4, -0.2) is 35.4 Å². The summed E-state index contributed by atoms with van der Waals surface area (Å²) in [6, 6.07) is 19.0. The van der Waals surface area contributed by atoms with Crippen molar-refractivity contribution in [3.8, 4) is 5.75 Å². The number of hydrogen-bond acceptors (Lipinski definition) is 3. The molecule has 1 saturated carbocycles. The second-order valence-electron chi connectivity index (χ2n) is 9.97. The Balaban J connectivity index is 1.63. The Bertz CT molecular complexity index is 1240. The van der Waals surface area contributed by atoms with Crippen molar-refractivity contribution in [2.75, 3.05) is 6.61 Å². The zero-order valence-electron chi connectivity index (χ0n) is 21.9. The van der Waals surface area contributed by atoms with Crippen LogP contribution in [0.15, 0.2) is 71.2 Å². The molecule has 7 heteroatoms. The van der Waals surface area contributed by atoms with E-state index < -0.39 is 11.9 Å². The number of amides is 2. The van der Waals surface area contributed by atoms with Crippen LogP contribution in [0.4, 0.5) is 4.39 Å². The van der Waals surface area contributed by atoms with Crippen molar-refractivity contribution >= 4 is 27.7 Å². The van der Waals surface area contributed by atoms with E-state index in [4.69, 9.17) is 4.74 Å². The fourth-order valence-electron chi connectivity index (χ4n) is 4.95. The van der Waals surface area contributed by atoms with Gasteiger partial charge >= 0.3 is 0 Å². The van der Waals surface area contributed by atoms with Crippen LogP contribution < -0.4 is 10.1 Å². The average Bonchev–Trinajstić information content (AvgIpc) is 3.42. The largest absolute Gasteiger partial charge is 0.484 e. The Labute approximate surface area is 232 Å². The molecule has 1 fully saturated rings. The van der Waals surface area contributed by atoms with Crippen molar-refractivity contribution in [2.24, 2.45) is 0 Å². The highest BCUT2D eigenvalue weighted by Crippen LogP contribution is 2.27. The summed E-state index contributed by atoms with van der Waals surface area (Å²) < 4.78 is 21.6. The van der Waals surface area contributed by atoms with Gasteiger partial charge in [-0.3, -0.25) is 9.59 Å². The number of aryl methyl sites for hydroxylation is 2. The fraction of sp³-hybridized carbons (Fsp3) is 0.355. The van der Waals surface area contributed by atoms with Gasteiger partial charge in [-0.1, -0.05) is 77.3 Å². The smallest absolute Gasteiger partial charge is 0.261 e. The number of benzene rings is 3. The number of nitrogens with one attached hydrogen (secondary N) is 1. The quantitative estimate of drug-likeness (QED) is 0.307. The number of rotatable bonds is 10. The summed E-state index contributed by atoms with van der Waals surface area (Å²) in [6.07, 6.45) is 4.32. The number of carbonyl (C=O) groups excluding carboxylic acids is 2. The van der Waals surface area contributed by atoms with Crippen LogP contribution in [0.25, 0.3) is 0 Å². The number of halogens is 2. The van der Waals surface area contributed by atoms with Gasteiger partial charge in [0.1, 0.15) is 17.6 Å². The van der Waals surface area contributed by atoms with Gasteiger partial charge in [-0.25, -0.2) is 4.39 Å². The minimum absolute atomic E-state index is 0.0388. The third-order valence-electron chi connectivity index (χ3n) is 7.04. The lowest BCUT2D eigenvalue weighted by Gasteiger charge is -2.32. The van der Waals surface area contributed by atoms with Crippen molar-refractivity contribution in [2.45, 2.75) is 64.6 Å². The minimum Gasteiger partial charge on any atom is -0.484 e. The van der Waals surface area contributed by atoms with Gasteiger partial charge in [0, 0.05) is 29.0 Å². The topological polar surface area (TPSA) is 58.6 Å². The molecular weight excluding hydrogens is 547 g/mol. The molecule has 0 saturated heterocycles. The summed E-state index contributed by atoms with van der Waals surface area (Å²) >= 11 is 3.55. The Kier molecular flexibility index (Phi) is 9.56. The van der Waals surface area contributed by atoms with Gasteiger partial charge < -0.3 is 15.0 Å². The van der Waals surface area contributed by atoms with Gasteiger partial charge in [0.05, 0.1) is 0 Å². The van der Waals surface area contributed by atoms with E-state index in [1.807, 2.05) is 56.3 Å². The molecule has 0 unspecified atom stereocenters. The molecule has 4 rings (SSSR count). The molecule has 3 aromatic rings. The van der Waals surface area contributed by atoms with Crippen molar-refractivity contribution in [1.29, 1.82) is 0 Å². The van der Waals surface area contributed by atoms with Crippen LogP contribution in [0.2, 0.25) is 0 Å². The molecule has 0 aromatic heterocycles. The molecule has 38 heavy (non-hydrogen) atoms. The lowest BCUT2D eigenvalue weighted by molar-refractivity contribution is -0.143. The first-order valence-electron chi connectivity index (χ1n) is 13.1. The highest BCUT2D eigenvalue weighted by atomic mass is 79.9. The molecule has 1 N–H and O–H groups in total. The van der Waals surface area contributed by atoms with Gasteiger partial charge in [-0.15, -0.1) is 0 Å². The molecule has 1 aliphatic rings. The first-order chi connectivity index (χ1) is 18.3. The molecule has 5 nitrogen and oxygen atoms in total. The molecule has 0 bridgehead atoms.